The molecule has 0 unspecified atom stereocenters. The van der Waals surface area contributed by atoms with Crippen molar-refractivity contribution in [2.24, 2.45) is 4.99 Å². The van der Waals surface area contributed by atoms with Crippen molar-refractivity contribution in [1.29, 1.82) is 0 Å². The van der Waals surface area contributed by atoms with E-state index < -0.39 is 0 Å². The summed E-state index contributed by atoms with van der Waals surface area (Å²) in [6.45, 7) is 2.16. The lowest BCUT2D eigenvalue weighted by Gasteiger charge is -2.12. The second-order valence-electron chi connectivity index (χ2n) is 3.89. The van der Waals surface area contributed by atoms with Gasteiger partial charge in [-0.05, 0) is 17.7 Å². The molecule has 0 amide bonds. The van der Waals surface area contributed by atoms with Crippen molar-refractivity contribution in [2.75, 3.05) is 24.6 Å². The third-order valence-electron chi connectivity index (χ3n) is 2.82. The summed E-state index contributed by atoms with van der Waals surface area (Å²) < 4.78 is 0. The Kier molecular flexibility index (Phi) is 2.09. The van der Waals surface area contributed by atoms with Gasteiger partial charge in [-0.3, -0.25) is 4.99 Å². The van der Waals surface area contributed by atoms with E-state index in [1.54, 1.807) is 0 Å². The Bertz CT molecular complexity index is 416. The summed E-state index contributed by atoms with van der Waals surface area (Å²) in [7, 11) is 0. The minimum absolute atomic E-state index is 0.288. The Morgan fingerprint density at radius 2 is 2.40 bits per heavy atom. The van der Waals surface area contributed by atoms with Crippen molar-refractivity contribution < 1.29 is 0 Å². The first-order valence-corrected chi connectivity index (χ1v) is 6.12. The molecule has 0 aromatic heterocycles. The van der Waals surface area contributed by atoms with Gasteiger partial charge in [0.2, 0.25) is 0 Å². The maximum Gasteiger partial charge on any atom is 0.160 e. The molecule has 1 fully saturated rings. The minimum Gasteiger partial charge on any atom is -0.399 e. The number of nitrogens with zero attached hydrogens (tertiary/aromatic N) is 2. The van der Waals surface area contributed by atoms with Crippen molar-refractivity contribution in [3.63, 3.8) is 0 Å². The van der Waals surface area contributed by atoms with Crippen LogP contribution in [0.25, 0.3) is 0 Å². The summed E-state index contributed by atoms with van der Waals surface area (Å²) in [6.07, 6.45) is 0. The highest BCUT2D eigenvalue weighted by Gasteiger charge is 2.29. The summed E-state index contributed by atoms with van der Waals surface area (Å²) >= 11 is 1.86. The average molecular weight is 219 g/mol. The maximum atomic E-state index is 5.77. The van der Waals surface area contributed by atoms with Crippen LogP contribution >= 0.6 is 11.8 Å². The molecule has 1 aromatic rings. The van der Waals surface area contributed by atoms with Crippen molar-refractivity contribution in [2.45, 2.75) is 6.04 Å². The van der Waals surface area contributed by atoms with Crippen LogP contribution in [-0.2, 0) is 0 Å². The van der Waals surface area contributed by atoms with Crippen LogP contribution in [0, 0.1) is 0 Å². The number of rotatable bonds is 1. The molecule has 0 radical (unpaired) electrons. The van der Waals surface area contributed by atoms with Crippen LogP contribution in [0.2, 0.25) is 0 Å². The number of benzene rings is 1. The molecular formula is C11H13N3S. The summed E-state index contributed by atoms with van der Waals surface area (Å²) in [5.74, 6) is 1.18. The molecular weight excluding hydrogens is 206 g/mol. The Morgan fingerprint density at radius 1 is 1.47 bits per heavy atom. The van der Waals surface area contributed by atoms with Gasteiger partial charge in [-0.2, -0.15) is 0 Å². The molecule has 1 atom stereocenters. The molecule has 15 heavy (non-hydrogen) atoms. The molecule has 78 valence electrons. The van der Waals surface area contributed by atoms with Gasteiger partial charge in [0, 0.05) is 24.5 Å². The fourth-order valence-corrected chi connectivity index (χ4v) is 3.10. The van der Waals surface area contributed by atoms with Gasteiger partial charge in [-0.25, -0.2) is 0 Å². The number of fused-ring (bicyclic) bond motifs is 1. The molecule has 1 saturated heterocycles. The lowest BCUT2D eigenvalue weighted by atomic mass is 10.1. The molecule has 3 rings (SSSR count). The fraction of sp³-hybridized carbons (Fsp3) is 0.364. The van der Waals surface area contributed by atoms with Gasteiger partial charge in [-0.1, -0.05) is 23.9 Å². The van der Waals surface area contributed by atoms with Gasteiger partial charge in [0.15, 0.2) is 5.17 Å². The zero-order valence-electron chi connectivity index (χ0n) is 8.39. The Labute approximate surface area is 93.4 Å². The Morgan fingerprint density at radius 3 is 3.20 bits per heavy atom. The Hall–Kier alpha value is -1.16. The average Bonchev–Trinajstić information content (AvgIpc) is 2.76. The van der Waals surface area contributed by atoms with Crippen LogP contribution < -0.4 is 5.73 Å². The lowest BCUT2D eigenvalue weighted by Crippen LogP contribution is -2.21. The first-order chi connectivity index (χ1) is 7.33. The van der Waals surface area contributed by atoms with Crippen molar-refractivity contribution in [3.05, 3.63) is 29.8 Å². The lowest BCUT2D eigenvalue weighted by molar-refractivity contribution is 0.464. The Balaban J connectivity index is 1.88. The van der Waals surface area contributed by atoms with Crippen LogP contribution in [0.4, 0.5) is 5.69 Å². The van der Waals surface area contributed by atoms with Crippen LogP contribution in [-0.4, -0.2) is 28.9 Å². The highest BCUT2D eigenvalue weighted by Crippen LogP contribution is 2.32. The third-order valence-corrected chi connectivity index (χ3v) is 3.83. The fourth-order valence-electron chi connectivity index (χ4n) is 2.05. The molecule has 2 N–H and O–H groups in total. The first kappa shape index (κ1) is 9.09. The number of hydrogen-bond acceptors (Lipinski definition) is 4. The van der Waals surface area contributed by atoms with E-state index in [2.05, 4.69) is 11.0 Å². The van der Waals surface area contributed by atoms with Crippen molar-refractivity contribution in [3.8, 4) is 0 Å². The van der Waals surface area contributed by atoms with E-state index in [-0.39, 0.29) is 6.04 Å². The van der Waals surface area contributed by atoms with Gasteiger partial charge in [0.05, 0.1) is 6.04 Å². The predicted octanol–water partition coefficient (Wildman–Crippen LogP) is 1.73. The number of anilines is 1. The molecule has 4 heteroatoms. The maximum absolute atomic E-state index is 5.77. The second kappa shape index (κ2) is 3.45. The third kappa shape index (κ3) is 1.59. The van der Waals surface area contributed by atoms with E-state index >= 15 is 0 Å². The van der Waals surface area contributed by atoms with E-state index in [1.807, 2.05) is 30.0 Å². The number of hydrogen-bond donors (Lipinski definition) is 1. The summed E-state index contributed by atoms with van der Waals surface area (Å²) in [5.41, 5.74) is 7.83. The monoisotopic (exact) mass is 219 g/mol. The molecule has 0 saturated carbocycles. The summed E-state index contributed by atoms with van der Waals surface area (Å²) in [4.78, 5) is 7.07. The molecule has 0 spiro atoms. The zero-order chi connectivity index (χ0) is 10.3. The number of nitrogen functional groups attached to an aromatic ring is 1. The van der Waals surface area contributed by atoms with Gasteiger partial charge in [0.25, 0.3) is 0 Å². The molecule has 0 aliphatic carbocycles. The van der Waals surface area contributed by atoms with Gasteiger partial charge < -0.3 is 10.6 Å². The molecule has 2 aliphatic rings. The normalized spacial score (nSPS) is 24.1. The molecule has 0 bridgehead atoms. The number of amidine groups is 1. The predicted molar refractivity (Wildman–Crippen MR) is 65.1 cm³/mol. The molecule has 3 nitrogen and oxygen atoms in total. The smallest absolute Gasteiger partial charge is 0.160 e. The summed E-state index contributed by atoms with van der Waals surface area (Å²) in [6, 6.07) is 8.35. The summed E-state index contributed by atoms with van der Waals surface area (Å²) in [5, 5.41) is 1.21. The van der Waals surface area contributed by atoms with Crippen LogP contribution in [0.15, 0.2) is 29.3 Å². The SMILES string of the molecule is Nc1cccc([C@H]2CN3CCSC3=N2)c1. The van der Waals surface area contributed by atoms with E-state index in [9.17, 15) is 0 Å². The highest BCUT2D eigenvalue weighted by molar-refractivity contribution is 8.14. The van der Waals surface area contributed by atoms with Crippen molar-refractivity contribution >= 4 is 22.6 Å². The number of nitrogens with two attached hydrogens (primary N) is 1. The first-order valence-electron chi connectivity index (χ1n) is 5.14. The van der Waals surface area contributed by atoms with E-state index in [0.29, 0.717) is 0 Å². The quantitative estimate of drug-likeness (QED) is 0.731. The number of aliphatic imine (C=N–C) groups is 1. The van der Waals surface area contributed by atoms with Crippen LogP contribution in [0.5, 0.6) is 0 Å². The molecule has 2 aliphatic heterocycles. The minimum atomic E-state index is 0.288. The van der Waals surface area contributed by atoms with Crippen LogP contribution in [0.1, 0.15) is 11.6 Å². The molecule has 2 heterocycles. The van der Waals surface area contributed by atoms with Crippen LogP contribution in [0.3, 0.4) is 0 Å². The standard InChI is InChI=1S/C11H13N3S/c12-9-3-1-2-8(6-9)10-7-14-4-5-15-11(14)13-10/h1-3,6,10H,4-5,7,12H2/t10-/m1/s1. The second-order valence-corrected chi connectivity index (χ2v) is 4.95. The van der Waals surface area contributed by atoms with E-state index in [4.69, 9.17) is 10.7 Å². The van der Waals surface area contributed by atoms with Gasteiger partial charge in [0.1, 0.15) is 0 Å². The number of thioether (sulfide) groups is 1. The van der Waals surface area contributed by atoms with E-state index in [0.717, 1.165) is 18.8 Å². The van der Waals surface area contributed by atoms with Crippen molar-refractivity contribution in [1.82, 2.24) is 4.90 Å². The van der Waals surface area contributed by atoms with E-state index in [1.165, 1.54) is 16.5 Å². The van der Waals surface area contributed by atoms with Gasteiger partial charge in [-0.15, -0.1) is 0 Å². The topological polar surface area (TPSA) is 41.6 Å². The highest BCUT2D eigenvalue weighted by atomic mass is 32.2. The van der Waals surface area contributed by atoms with Gasteiger partial charge >= 0.3 is 0 Å². The molecule has 1 aromatic carbocycles. The largest absolute Gasteiger partial charge is 0.399 e. The zero-order valence-corrected chi connectivity index (χ0v) is 9.20.